The lowest BCUT2D eigenvalue weighted by molar-refractivity contribution is -0.142. The Morgan fingerprint density at radius 3 is 1.32 bits per heavy atom. The minimum absolute atomic E-state index is 0.146. The number of aromatic nitrogens is 2. The molecule has 310 valence electrons. The second-order valence-electron chi connectivity index (χ2n) is 18.0. The Balaban J connectivity index is 1.44. The molecule has 0 fully saturated rings. The highest BCUT2D eigenvalue weighted by molar-refractivity contribution is 6.12. The number of fused-ring (bicyclic) bond motifs is 6. The normalized spacial score (nSPS) is 12.8. The zero-order valence-corrected chi connectivity index (χ0v) is 34.9. The van der Waals surface area contributed by atoms with Gasteiger partial charge in [-0.3, -0.25) is 0 Å². The quantitative estimate of drug-likeness (QED) is 0.163. The van der Waals surface area contributed by atoms with Crippen LogP contribution in [0.2, 0.25) is 0 Å². The molecule has 3 nitrogen and oxygen atoms in total. The number of nitriles is 1. The summed E-state index contributed by atoms with van der Waals surface area (Å²) < 4.78 is 92.8. The predicted octanol–water partition coefficient (Wildman–Crippen LogP) is 15.7. The first-order valence-electron chi connectivity index (χ1n) is 20.3. The minimum atomic E-state index is -5.09. The fourth-order valence-electron chi connectivity index (χ4n) is 8.85. The van der Waals surface area contributed by atoms with Crippen LogP contribution in [0, 0.1) is 11.3 Å². The van der Waals surface area contributed by atoms with Gasteiger partial charge in [-0.1, -0.05) is 114 Å². The second-order valence-corrected chi connectivity index (χ2v) is 18.0. The molecular weight excluding hydrogens is 793 g/mol. The summed E-state index contributed by atoms with van der Waals surface area (Å²) in [6.45, 7) is 12.8. The smallest absolute Gasteiger partial charge is 0.309 e. The molecule has 2 aromatic heterocycles. The van der Waals surface area contributed by atoms with Crippen LogP contribution in [0.1, 0.15) is 69.4 Å². The summed E-state index contributed by atoms with van der Waals surface area (Å²) >= 11 is 0. The molecule has 9 rings (SSSR count). The van der Waals surface area contributed by atoms with Crippen LogP contribution in [0.3, 0.4) is 0 Å². The van der Waals surface area contributed by atoms with Crippen molar-refractivity contribution in [2.24, 2.45) is 0 Å². The maximum absolute atomic E-state index is 14.8. The fraction of sp³-hybridized carbons (Fsp3) is 0.189. The van der Waals surface area contributed by atoms with Crippen molar-refractivity contribution in [1.82, 2.24) is 9.13 Å². The Bertz CT molecular complexity index is 3270. The molecular formula is C53H41F6N3. The highest BCUT2D eigenvalue weighted by atomic mass is 19.4. The van der Waals surface area contributed by atoms with Crippen molar-refractivity contribution >= 4 is 43.6 Å². The monoisotopic (exact) mass is 833 g/mol. The summed E-state index contributed by atoms with van der Waals surface area (Å²) in [4.78, 5) is 0. The van der Waals surface area contributed by atoms with Gasteiger partial charge in [0, 0.05) is 38.2 Å². The molecule has 7 aromatic carbocycles. The van der Waals surface area contributed by atoms with Gasteiger partial charge in [0.1, 0.15) is 0 Å². The molecule has 2 heterocycles. The Kier molecular flexibility index (Phi) is 9.26. The number of rotatable bonds is 4. The van der Waals surface area contributed by atoms with E-state index in [-0.39, 0.29) is 16.4 Å². The Morgan fingerprint density at radius 1 is 0.435 bits per heavy atom. The molecule has 0 radical (unpaired) electrons. The van der Waals surface area contributed by atoms with Crippen LogP contribution in [0.5, 0.6) is 0 Å². The Morgan fingerprint density at radius 2 is 0.871 bits per heavy atom. The van der Waals surface area contributed by atoms with Gasteiger partial charge < -0.3 is 9.13 Å². The molecule has 0 spiro atoms. The number of para-hydroxylation sites is 2. The van der Waals surface area contributed by atoms with E-state index in [1.165, 1.54) is 12.1 Å². The zero-order chi connectivity index (χ0) is 44.1. The van der Waals surface area contributed by atoms with Crippen molar-refractivity contribution in [2.75, 3.05) is 0 Å². The average Bonchev–Trinajstić information content (AvgIpc) is 3.74. The standard InChI is InChI=1S/C53H41F6N3/c1-50(2,3)33-20-24-45-39(28-33)35-12-7-9-16-43(35)61(45)47-26-31(30-60)18-22-37(47)38-23-19-32(49-41(52(54,55)56)14-11-15-42(49)53(57,58)59)27-48(38)62-44-17-10-8-13-36(44)40-29-34(51(4,5)6)21-25-46(40)62/h7-29H,1-6H3. The lowest BCUT2D eigenvalue weighted by Crippen LogP contribution is -2.14. The maximum atomic E-state index is 14.8. The van der Waals surface area contributed by atoms with Crippen molar-refractivity contribution in [3.8, 4) is 39.7 Å². The van der Waals surface area contributed by atoms with Crippen LogP contribution in [0.15, 0.2) is 140 Å². The third-order valence-electron chi connectivity index (χ3n) is 11.9. The molecule has 0 aliphatic heterocycles. The van der Waals surface area contributed by atoms with Gasteiger partial charge in [0.15, 0.2) is 0 Å². The average molecular weight is 834 g/mol. The van der Waals surface area contributed by atoms with Crippen LogP contribution in [-0.2, 0) is 23.2 Å². The van der Waals surface area contributed by atoms with E-state index in [0.717, 1.165) is 55.3 Å². The first-order valence-corrected chi connectivity index (χ1v) is 20.3. The molecule has 0 amide bonds. The summed E-state index contributed by atoms with van der Waals surface area (Å²) in [5.41, 5.74) is 3.54. The van der Waals surface area contributed by atoms with Crippen molar-refractivity contribution in [3.05, 3.63) is 167 Å². The molecule has 0 atom stereocenters. The van der Waals surface area contributed by atoms with E-state index in [0.29, 0.717) is 45.7 Å². The number of alkyl halides is 6. The van der Waals surface area contributed by atoms with Gasteiger partial charge in [0.25, 0.3) is 0 Å². The topological polar surface area (TPSA) is 33.6 Å². The van der Waals surface area contributed by atoms with Crippen LogP contribution >= 0.6 is 0 Å². The fourth-order valence-corrected chi connectivity index (χ4v) is 8.85. The summed E-state index contributed by atoms with van der Waals surface area (Å²) in [5.74, 6) is 0. The van der Waals surface area contributed by atoms with Gasteiger partial charge in [0.05, 0.1) is 56.2 Å². The van der Waals surface area contributed by atoms with Crippen LogP contribution in [-0.4, -0.2) is 9.13 Å². The van der Waals surface area contributed by atoms with Crippen LogP contribution in [0.25, 0.3) is 77.2 Å². The van der Waals surface area contributed by atoms with Crippen molar-refractivity contribution in [3.63, 3.8) is 0 Å². The molecule has 9 heteroatoms. The summed E-state index contributed by atoms with van der Waals surface area (Å²) in [6, 6.07) is 42.2. The number of benzene rings is 7. The Hall–Kier alpha value is -6.79. The zero-order valence-electron chi connectivity index (χ0n) is 34.9. The van der Waals surface area contributed by atoms with Crippen molar-refractivity contribution in [1.29, 1.82) is 5.26 Å². The highest BCUT2D eigenvalue weighted by Gasteiger charge is 2.41. The first kappa shape index (κ1) is 40.6. The van der Waals surface area contributed by atoms with Gasteiger partial charge in [-0.25, -0.2) is 0 Å². The lowest BCUT2D eigenvalue weighted by Gasteiger charge is -2.23. The molecule has 0 aliphatic carbocycles. The van der Waals surface area contributed by atoms with Gasteiger partial charge in [-0.2, -0.15) is 31.6 Å². The van der Waals surface area contributed by atoms with E-state index < -0.39 is 29.0 Å². The number of hydrogen-bond acceptors (Lipinski definition) is 1. The summed E-state index contributed by atoms with van der Waals surface area (Å²) in [5, 5.41) is 14.0. The number of nitrogens with zero attached hydrogens (tertiary/aromatic N) is 3. The molecule has 0 N–H and O–H groups in total. The third kappa shape index (κ3) is 6.69. The van der Waals surface area contributed by atoms with Gasteiger partial charge >= 0.3 is 12.4 Å². The maximum Gasteiger partial charge on any atom is 0.417 e. The van der Waals surface area contributed by atoms with E-state index in [4.69, 9.17) is 0 Å². The number of hydrogen-bond donors (Lipinski definition) is 0. The molecule has 0 saturated carbocycles. The van der Waals surface area contributed by atoms with Crippen LogP contribution in [0.4, 0.5) is 26.3 Å². The molecule has 0 saturated heterocycles. The predicted molar refractivity (Wildman–Crippen MR) is 238 cm³/mol. The van der Waals surface area contributed by atoms with E-state index >= 15 is 0 Å². The Labute approximate surface area is 355 Å². The SMILES string of the molecule is CC(C)(C)c1ccc2c(c1)c1ccccc1n2-c1cc(C#N)ccc1-c1ccc(-c2c(C(F)(F)F)cccc2C(F)(F)F)cc1-n1c2ccccc2c2cc(C(C)(C)C)ccc21. The van der Waals surface area contributed by atoms with E-state index in [2.05, 4.69) is 82.5 Å². The van der Waals surface area contributed by atoms with E-state index in [9.17, 15) is 31.6 Å². The highest BCUT2D eigenvalue weighted by Crippen LogP contribution is 2.48. The first-order chi connectivity index (χ1) is 29.3. The van der Waals surface area contributed by atoms with Crippen molar-refractivity contribution < 1.29 is 26.3 Å². The second kappa shape index (κ2) is 14.1. The lowest BCUT2D eigenvalue weighted by atomic mass is 9.86. The molecule has 9 aromatic rings. The largest absolute Gasteiger partial charge is 0.417 e. The van der Waals surface area contributed by atoms with Crippen molar-refractivity contribution in [2.45, 2.75) is 64.7 Å². The van der Waals surface area contributed by atoms with Gasteiger partial charge in [-0.15, -0.1) is 0 Å². The molecule has 0 aliphatic rings. The summed E-state index contributed by atoms with van der Waals surface area (Å²) in [6.07, 6.45) is -10.2. The number of halogens is 6. The third-order valence-corrected chi connectivity index (χ3v) is 11.9. The van der Waals surface area contributed by atoms with Gasteiger partial charge in [-0.05, 0) is 94.3 Å². The minimum Gasteiger partial charge on any atom is -0.309 e. The molecule has 62 heavy (non-hydrogen) atoms. The van der Waals surface area contributed by atoms with Crippen LogP contribution < -0.4 is 0 Å². The van der Waals surface area contributed by atoms with E-state index in [1.807, 2.05) is 65.2 Å². The van der Waals surface area contributed by atoms with Gasteiger partial charge in [0.2, 0.25) is 0 Å². The van der Waals surface area contributed by atoms with E-state index in [1.54, 1.807) is 18.2 Å². The molecule has 0 bridgehead atoms. The summed E-state index contributed by atoms with van der Waals surface area (Å²) in [7, 11) is 0. The molecule has 0 unspecified atom stereocenters.